The molecule has 0 aliphatic carbocycles. The second kappa shape index (κ2) is 4.68. The molecule has 4 nitrogen and oxygen atoms in total. The fourth-order valence-electron chi connectivity index (χ4n) is 2.88. The lowest BCUT2D eigenvalue weighted by Gasteiger charge is -2.41. The van der Waals surface area contributed by atoms with Crippen LogP contribution in [0.15, 0.2) is 0 Å². The van der Waals surface area contributed by atoms with E-state index in [9.17, 15) is 9.18 Å². The molecule has 2 aliphatic rings. The van der Waals surface area contributed by atoms with Crippen molar-refractivity contribution in [2.24, 2.45) is 5.41 Å². The molecule has 2 unspecified atom stereocenters. The molecule has 104 valence electrons. The summed E-state index contributed by atoms with van der Waals surface area (Å²) in [5.41, 5.74) is -0.615. The van der Waals surface area contributed by atoms with Crippen molar-refractivity contribution in [2.75, 3.05) is 26.2 Å². The van der Waals surface area contributed by atoms with E-state index in [1.807, 2.05) is 20.8 Å². The molecule has 1 amide bonds. The molecule has 0 aromatic carbocycles. The van der Waals surface area contributed by atoms with Gasteiger partial charge in [0.05, 0.1) is 6.54 Å². The summed E-state index contributed by atoms with van der Waals surface area (Å²) < 4.78 is 19.2. The summed E-state index contributed by atoms with van der Waals surface area (Å²) in [6.45, 7) is 7.96. The minimum atomic E-state index is -0.939. The van der Waals surface area contributed by atoms with Crippen molar-refractivity contribution < 1.29 is 13.9 Å². The Balaban J connectivity index is 2.02. The molecule has 2 rings (SSSR count). The third-order valence-electron chi connectivity index (χ3n) is 3.58. The lowest BCUT2D eigenvalue weighted by Crippen LogP contribution is -2.52. The van der Waals surface area contributed by atoms with Gasteiger partial charge in [-0.05, 0) is 40.2 Å². The maximum Gasteiger partial charge on any atom is 0.410 e. The van der Waals surface area contributed by atoms with Gasteiger partial charge in [-0.1, -0.05) is 0 Å². The van der Waals surface area contributed by atoms with Crippen LogP contribution in [0.1, 0.15) is 33.6 Å². The summed E-state index contributed by atoms with van der Waals surface area (Å²) in [4.78, 5) is 13.6. The number of piperidine rings is 1. The van der Waals surface area contributed by atoms with Gasteiger partial charge in [0.2, 0.25) is 0 Å². The van der Waals surface area contributed by atoms with Gasteiger partial charge in [-0.3, -0.25) is 0 Å². The average molecular weight is 258 g/mol. The van der Waals surface area contributed by atoms with Crippen molar-refractivity contribution in [2.45, 2.75) is 45.4 Å². The van der Waals surface area contributed by atoms with E-state index >= 15 is 0 Å². The first-order valence-corrected chi connectivity index (χ1v) is 6.62. The molecule has 0 aromatic heterocycles. The van der Waals surface area contributed by atoms with Crippen molar-refractivity contribution >= 4 is 6.09 Å². The molecule has 2 heterocycles. The number of hydrogen-bond donors (Lipinski definition) is 1. The van der Waals surface area contributed by atoms with Crippen molar-refractivity contribution in [3.8, 4) is 0 Å². The van der Waals surface area contributed by atoms with E-state index in [1.54, 1.807) is 0 Å². The first kappa shape index (κ1) is 13.6. The smallest absolute Gasteiger partial charge is 0.410 e. The standard InChI is InChI=1S/C13H23FN2O2/c1-12(2,3)18-11(17)16-7-10(14)6-13(9-16)4-5-15-8-13/h10,15H,4-9H2,1-3H3. The summed E-state index contributed by atoms with van der Waals surface area (Å²) in [6, 6.07) is 0. The van der Waals surface area contributed by atoms with Gasteiger partial charge in [-0.2, -0.15) is 0 Å². The number of hydrogen-bond acceptors (Lipinski definition) is 3. The molecular weight excluding hydrogens is 235 g/mol. The van der Waals surface area contributed by atoms with E-state index in [0.29, 0.717) is 13.0 Å². The lowest BCUT2D eigenvalue weighted by molar-refractivity contribution is -0.00922. The van der Waals surface area contributed by atoms with E-state index in [2.05, 4.69) is 5.32 Å². The zero-order valence-corrected chi connectivity index (χ0v) is 11.5. The second-order valence-corrected chi connectivity index (χ2v) is 6.59. The summed E-state index contributed by atoms with van der Waals surface area (Å²) in [6.07, 6.45) is 0.161. The highest BCUT2D eigenvalue weighted by Crippen LogP contribution is 2.37. The Hall–Kier alpha value is -0.840. The van der Waals surface area contributed by atoms with Crippen LogP contribution in [0, 0.1) is 5.41 Å². The van der Waals surface area contributed by atoms with Gasteiger partial charge in [0.1, 0.15) is 11.8 Å². The minimum Gasteiger partial charge on any atom is -0.444 e. The van der Waals surface area contributed by atoms with E-state index in [-0.39, 0.29) is 12.0 Å². The number of alkyl halides is 1. The van der Waals surface area contributed by atoms with Gasteiger partial charge in [-0.25, -0.2) is 9.18 Å². The monoisotopic (exact) mass is 258 g/mol. The summed E-state index contributed by atoms with van der Waals surface area (Å²) >= 11 is 0. The van der Waals surface area contributed by atoms with E-state index < -0.39 is 17.9 Å². The molecule has 18 heavy (non-hydrogen) atoms. The third kappa shape index (κ3) is 3.13. The molecule has 0 aromatic rings. The van der Waals surface area contributed by atoms with Gasteiger partial charge < -0.3 is 15.0 Å². The zero-order valence-electron chi connectivity index (χ0n) is 11.5. The van der Waals surface area contributed by atoms with Crippen LogP contribution in [-0.4, -0.2) is 48.9 Å². The minimum absolute atomic E-state index is 0.0887. The van der Waals surface area contributed by atoms with Crippen LogP contribution in [-0.2, 0) is 4.74 Å². The van der Waals surface area contributed by atoms with Crippen LogP contribution in [0.3, 0.4) is 0 Å². The van der Waals surface area contributed by atoms with E-state index in [0.717, 1.165) is 19.5 Å². The second-order valence-electron chi connectivity index (χ2n) is 6.59. The van der Waals surface area contributed by atoms with Crippen molar-refractivity contribution in [1.29, 1.82) is 0 Å². The molecule has 2 saturated heterocycles. The van der Waals surface area contributed by atoms with Crippen LogP contribution in [0.25, 0.3) is 0 Å². The zero-order chi connectivity index (χ0) is 13.4. The largest absolute Gasteiger partial charge is 0.444 e. The predicted octanol–water partition coefficient (Wildman–Crippen LogP) is 1.95. The molecule has 5 heteroatoms. The number of nitrogens with one attached hydrogen (secondary N) is 1. The van der Waals surface area contributed by atoms with E-state index in [1.165, 1.54) is 4.90 Å². The van der Waals surface area contributed by atoms with Crippen LogP contribution >= 0.6 is 0 Å². The quantitative estimate of drug-likeness (QED) is 0.722. The highest BCUT2D eigenvalue weighted by molar-refractivity contribution is 5.68. The number of nitrogens with zero attached hydrogens (tertiary/aromatic N) is 1. The number of carbonyl (C=O) groups is 1. The maximum atomic E-state index is 13.8. The Kier molecular flexibility index (Phi) is 3.54. The van der Waals surface area contributed by atoms with Crippen molar-refractivity contribution in [1.82, 2.24) is 10.2 Å². The molecule has 2 fully saturated rings. The molecule has 1 spiro atoms. The molecule has 0 saturated carbocycles. The fraction of sp³-hybridized carbons (Fsp3) is 0.923. The fourth-order valence-corrected chi connectivity index (χ4v) is 2.88. The van der Waals surface area contributed by atoms with Gasteiger partial charge in [-0.15, -0.1) is 0 Å². The Labute approximate surface area is 108 Å². The SMILES string of the molecule is CC(C)(C)OC(=O)N1CC(F)CC2(CCNC2)C1. The summed E-state index contributed by atoms with van der Waals surface area (Å²) in [5.74, 6) is 0. The summed E-state index contributed by atoms with van der Waals surface area (Å²) in [5, 5.41) is 3.27. The third-order valence-corrected chi connectivity index (χ3v) is 3.58. The van der Waals surface area contributed by atoms with Gasteiger partial charge in [0, 0.05) is 18.5 Å². The number of halogens is 1. The number of likely N-dealkylation sites (tertiary alicyclic amines) is 1. The molecule has 0 radical (unpaired) electrons. The Morgan fingerprint density at radius 3 is 2.78 bits per heavy atom. The molecule has 2 atom stereocenters. The number of carbonyl (C=O) groups excluding carboxylic acids is 1. The molecule has 0 bridgehead atoms. The first-order chi connectivity index (χ1) is 8.30. The maximum absolute atomic E-state index is 13.8. The highest BCUT2D eigenvalue weighted by Gasteiger charge is 2.44. The Morgan fingerprint density at radius 1 is 1.50 bits per heavy atom. The van der Waals surface area contributed by atoms with Gasteiger partial charge in [0.15, 0.2) is 0 Å². The first-order valence-electron chi connectivity index (χ1n) is 6.62. The normalized spacial score (nSPS) is 32.9. The molecule has 2 aliphatic heterocycles. The molecule has 1 N–H and O–H groups in total. The van der Waals surface area contributed by atoms with Crippen LogP contribution < -0.4 is 5.32 Å². The highest BCUT2D eigenvalue weighted by atomic mass is 19.1. The van der Waals surface area contributed by atoms with Gasteiger partial charge >= 0.3 is 6.09 Å². The molecular formula is C13H23FN2O2. The van der Waals surface area contributed by atoms with E-state index in [4.69, 9.17) is 4.74 Å². The number of rotatable bonds is 0. The Morgan fingerprint density at radius 2 is 2.22 bits per heavy atom. The predicted molar refractivity (Wildman–Crippen MR) is 67.2 cm³/mol. The number of ether oxygens (including phenoxy) is 1. The van der Waals surface area contributed by atoms with Crippen LogP contribution in [0.5, 0.6) is 0 Å². The van der Waals surface area contributed by atoms with Crippen LogP contribution in [0.4, 0.5) is 9.18 Å². The lowest BCUT2D eigenvalue weighted by atomic mass is 9.78. The van der Waals surface area contributed by atoms with Crippen molar-refractivity contribution in [3.05, 3.63) is 0 Å². The number of amides is 1. The van der Waals surface area contributed by atoms with Gasteiger partial charge in [0.25, 0.3) is 0 Å². The topological polar surface area (TPSA) is 41.6 Å². The van der Waals surface area contributed by atoms with Crippen LogP contribution in [0.2, 0.25) is 0 Å². The Bertz CT molecular complexity index is 321. The van der Waals surface area contributed by atoms with Crippen molar-refractivity contribution in [3.63, 3.8) is 0 Å². The summed E-state index contributed by atoms with van der Waals surface area (Å²) in [7, 11) is 0. The average Bonchev–Trinajstić information content (AvgIpc) is 2.62.